The van der Waals surface area contributed by atoms with Crippen LogP contribution in [0.15, 0.2) is 30.6 Å². The van der Waals surface area contributed by atoms with Crippen LogP contribution in [0, 0.1) is 5.92 Å². The molecule has 1 aromatic carbocycles. The van der Waals surface area contributed by atoms with Crippen molar-refractivity contribution < 1.29 is 14.7 Å². The third kappa shape index (κ3) is 2.22. The summed E-state index contributed by atoms with van der Waals surface area (Å²) in [6, 6.07) is 4.95. The second-order valence-electron chi connectivity index (χ2n) is 5.20. The van der Waals surface area contributed by atoms with Gasteiger partial charge < -0.3 is 10.0 Å². The van der Waals surface area contributed by atoms with Crippen molar-refractivity contribution in [3.8, 4) is 0 Å². The number of benzene rings is 1. The molecule has 1 aromatic heterocycles. The summed E-state index contributed by atoms with van der Waals surface area (Å²) in [6.07, 6.45) is 3.61. The quantitative estimate of drug-likeness (QED) is 0.905. The predicted octanol–water partition coefficient (Wildman–Crippen LogP) is 1.56. The Morgan fingerprint density at radius 3 is 2.76 bits per heavy atom. The zero-order valence-corrected chi connectivity index (χ0v) is 11.6. The molecule has 2 unspecified atom stereocenters. The van der Waals surface area contributed by atoms with Gasteiger partial charge in [-0.1, -0.05) is 6.07 Å². The van der Waals surface area contributed by atoms with E-state index in [2.05, 4.69) is 9.97 Å². The van der Waals surface area contributed by atoms with Crippen LogP contribution >= 0.6 is 0 Å². The van der Waals surface area contributed by atoms with Crippen LogP contribution in [0.5, 0.6) is 0 Å². The zero-order chi connectivity index (χ0) is 15.0. The first-order valence-corrected chi connectivity index (χ1v) is 6.83. The van der Waals surface area contributed by atoms with Gasteiger partial charge in [-0.25, -0.2) is 0 Å². The summed E-state index contributed by atoms with van der Waals surface area (Å²) in [5.41, 5.74) is 1.68. The van der Waals surface area contributed by atoms with E-state index >= 15 is 0 Å². The molecule has 0 saturated carbocycles. The highest BCUT2D eigenvalue weighted by Crippen LogP contribution is 2.27. The van der Waals surface area contributed by atoms with E-state index in [9.17, 15) is 9.59 Å². The average Bonchev–Trinajstić information content (AvgIpc) is 2.88. The van der Waals surface area contributed by atoms with Gasteiger partial charge in [-0.2, -0.15) is 0 Å². The number of carboxylic acids is 1. The van der Waals surface area contributed by atoms with E-state index in [1.807, 2.05) is 0 Å². The van der Waals surface area contributed by atoms with Crippen molar-refractivity contribution in [1.82, 2.24) is 14.9 Å². The minimum atomic E-state index is -0.851. The molecule has 1 amide bonds. The Hall–Kier alpha value is -2.50. The number of aromatic nitrogens is 2. The molecule has 0 bridgehead atoms. The molecule has 2 atom stereocenters. The van der Waals surface area contributed by atoms with Crippen molar-refractivity contribution in [1.29, 1.82) is 0 Å². The van der Waals surface area contributed by atoms with Gasteiger partial charge in [0.1, 0.15) is 5.52 Å². The van der Waals surface area contributed by atoms with Gasteiger partial charge in [-0.05, 0) is 25.5 Å². The summed E-state index contributed by atoms with van der Waals surface area (Å²) < 4.78 is 0. The van der Waals surface area contributed by atoms with Crippen LogP contribution in [0.25, 0.3) is 11.0 Å². The summed E-state index contributed by atoms with van der Waals surface area (Å²) in [5.74, 6) is -1.54. The largest absolute Gasteiger partial charge is 0.481 e. The number of carbonyl (C=O) groups is 2. The number of hydrogen-bond acceptors (Lipinski definition) is 4. The maximum atomic E-state index is 12.7. The van der Waals surface area contributed by atoms with Crippen LogP contribution in [0.4, 0.5) is 0 Å². The number of hydrogen-bond donors (Lipinski definition) is 1. The number of carbonyl (C=O) groups excluding carboxylic acids is 1. The van der Waals surface area contributed by atoms with E-state index in [4.69, 9.17) is 5.11 Å². The molecule has 1 aliphatic heterocycles. The predicted molar refractivity (Wildman–Crippen MR) is 75.8 cm³/mol. The van der Waals surface area contributed by atoms with Crippen molar-refractivity contribution in [3.63, 3.8) is 0 Å². The smallest absolute Gasteiger partial charge is 0.308 e. The zero-order valence-electron chi connectivity index (χ0n) is 11.6. The number of likely N-dealkylation sites (tertiary alicyclic amines) is 1. The Bertz CT molecular complexity index is 711. The van der Waals surface area contributed by atoms with Gasteiger partial charge in [0.2, 0.25) is 0 Å². The minimum absolute atomic E-state index is 0.183. The van der Waals surface area contributed by atoms with Crippen LogP contribution in [0.1, 0.15) is 23.7 Å². The van der Waals surface area contributed by atoms with Crippen molar-refractivity contribution in [2.24, 2.45) is 5.92 Å². The lowest BCUT2D eigenvalue weighted by molar-refractivity contribution is -0.142. The van der Waals surface area contributed by atoms with Crippen LogP contribution in [0.3, 0.4) is 0 Å². The molecular formula is C15H15N3O3. The van der Waals surface area contributed by atoms with E-state index in [1.165, 1.54) is 0 Å². The molecule has 0 radical (unpaired) electrons. The van der Waals surface area contributed by atoms with Crippen LogP contribution < -0.4 is 0 Å². The Kier molecular flexibility index (Phi) is 3.29. The van der Waals surface area contributed by atoms with Gasteiger partial charge in [-0.3, -0.25) is 19.6 Å². The van der Waals surface area contributed by atoms with Crippen molar-refractivity contribution in [2.75, 3.05) is 6.54 Å². The summed E-state index contributed by atoms with van der Waals surface area (Å²) in [7, 11) is 0. The number of carboxylic acid groups (broad SMARTS) is 1. The molecule has 108 valence electrons. The van der Waals surface area contributed by atoms with Gasteiger partial charge >= 0.3 is 5.97 Å². The van der Waals surface area contributed by atoms with Gasteiger partial charge in [0.25, 0.3) is 5.91 Å². The van der Waals surface area contributed by atoms with Gasteiger partial charge in [0, 0.05) is 25.0 Å². The molecule has 2 heterocycles. The van der Waals surface area contributed by atoms with Crippen LogP contribution in [0.2, 0.25) is 0 Å². The van der Waals surface area contributed by atoms with E-state index in [-0.39, 0.29) is 11.9 Å². The Labute approximate surface area is 121 Å². The van der Waals surface area contributed by atoms with Crippen molar-refractivity contribution >= 4 is 22.9 Å². The van der Waals surface area contributed by atoms with Crippen molar-refractivity contribution in [3.05, 3.63) is 36.2 Å². The number of fused-ring (bicyclic) bond motifs is 1. The molecule has 1 aliphatic rings. The first kappa shape index (κ1) is 13.5. The summed E-state index contributed by atoms with van der Waals surface area (Å²) in [6.45, 7) is 2.23. The lowest BCUT2D eigenvalue weighted by atomic mass is 10.0. The average molecular weight is 285 g/mol. The van der Waals surface area contributed by atoms with E-state index in [1.54, 1.807) is 42.4 Å². The molecule has 1 saturated heterocycles. The number of amides is 1. The maximum Gasteiger partial charge on any atom is 0.308 e. The highest BCUT2D eigenvalue weighted by atomic mass is 16.4. The Morgan fingerprint density at radius 2 is 2.05 bits per heavy atom. The molecule has 2 aromatic rings. The molecule has 3 rings (SSSR count). The third-order valence-electron chi connectivity index (χ3n) is 4.06. The van der Waals surface area contributed by atoms with Crippen LogP contribution in [-0.4, -0.2) is 44.4 Å². The molecule has 1 N–H and O–H groups in total. The fourth-order valence-electron chi connectivity index (χ4n) is 2.88. The standard InChI is InChI=1S/C15H15N3O3/c1-9-10(15(20)21)5-8-18(9)14(19)11-3-2-4-12-13(11)17-7-6-16-12/h2-4,6-7,9-10H,5,8H2,1H3,(H,20,21). The van der Waals surface area contributed by atoms with Gasteiger partial charge in [-0.15, -0.1) is 0 Å². The second kappa shape index (κ2) is 5.12. The van der Waals surface area contributed by atoms with E-state index < -0.39 is 11.9 Å². The first-order valence-electron chi connectivity index (χ1n) is 6.83. The topological polar surface area (TPSA) is 83.4 Å². The minimum Gasteiger partial charge on any atom is -0.481 e. The fraction of sp³-hybridized carbons (Fsp3) is 0.333. The van der Waals surface area contributed by atoms with Gasteiger partial charge in [0.15, 0.2) is 0 Å². The monoisotopic (exact) mass is 285 g/mol. The number of rotatable bonds is 2. The third-order valence-corrected chi connectivity index (χ3v) is 4.06. The maximum absolute atomic E-state index is 12.7. The van der Waals surface area contributed by atoms with Gasteiger partial charge in [0.05, 0.1) is 17.0 Å². The SMILES string of the molecule is CC1C(C(=O)O)CCN1C(=O)c1cccc2nccnc12. The highest BCUT2D eigenvalue weighted by Gasteiger charge is 2.38. The molecule has 6 nitrogen and oxygen atoms in total. The number of para-hydroxylation sites is 1. The molecule has 21 heavy (non-hydrogen) atoms. The molecule has 6 heteroatoms. The summed E-state index contributed by atoms with van der Waals surface area (Å²) in [4.78, 5) is 33.9. The first-order chi connectivity index (χ1) is 10.1. The Balaban J connectivity index is 1.97. The molecule has 0 spiro atoms. The van der Waals surface area contributed by atoms with Crippen LogP contribution in [-0.2, 0) is 4.79 Å². The Morgan fingerprint density at radius 1 is 1.29 bits per heavy atom. The number of aliphatic carboxylic acids is 1. The molecular weight excluding hydrogens is 270 g/mol. The van der Waals surface area contributed by atoms with E-state index in [0.717, 1.165) is 0 Å². The lowest BCUT2D eigenvalue weighted by Gasteiger charge is -2.23. The molecule has 1 fully saturated rings. The van der Waals surface area contributed by atoms with Crippen molar-refractivity contribution in [2.45, 2.75) is 19.4 Å². The molecule has 0 aliphatic carbocycles. The summed E-state index contributed by atoms with van der Waals surface area (Å²) >= 11 is 0. The lowest BCUT2D eigenvalue weighted by Crippen LogP contribution is -2.37. The highest BCUT2D eigenvalue weighted by molar-refractivity contribution is 6.05. The van der Waals surface area contributed by atoms with E-state index in [0.29, 0.717) is 29.6 Å². The number of nitrogens with zero attached hydrogens (tertiary/aromatic N) is 3. The fourth-order valence-corrected chi connectivity index (χ4v) is 2.88. The summed E-state index contributed by atoms with van der Waals surface area (Å²) in [5, 5.41) is 9.17. The normalized spacial score (nSPS) is 21.7. The second-order valence-corrected chi connectivity index (χ2v) is 5.20.